The molecule has 0 aliphatic carbocycles. The average Bonchev–Trinajstić information content (AvgIpc) is 3.09. The molecule has 0 spiro atoms. The standard InChI is InChI=1S/C18H22N4O4/c1-3-25-17(23)14-6-4-5-7-15(14)19-18(24)22-10-8-21(9-11-22)16-12-13(2)26-20-16/h4-7,12H,3,8-11H2,1-2H3,(H,19,24). The van der Waals surface area contributed by atoms with Gasteiger partial charge in [-0.15, -0.1) is 0 Å². The number of hydrogen-bond donors (Lipinski definition) is 1. The van der Waals surface area contributed by atoms with Crippen LogP contribution in [0.5, 0.6) is 0 Å². The molecular formula is C18H22N4O4. The first-order chi connectivity index (χ1) is 12.6. The largest absolute Gasteiger partial charge is 0.462 e. The van der Waals surface area contributed by atoms with Crippen LogP contribution in [0.3, 0.4) is 0 Å². The Kier molecular flexibility index (Phi) is 5.40. The predicted octanol–water partition coefficient (Wildman–Crippen LogP) is 2.51. The summed E-state index contributed by atoms with van der Waals surface area (Å²) in [6.07, 6.45) is 0. The maximum atomic E-state index is 12.6. The van der Waals surface area contributed by atoms with E-state index in [1.807, 2.05) is 13.0 Å². The van der Waals surface area contributed by atoms with Crippen molar-refractivity contribution in [2.24, 2.45) is 0 Å². The highest BCUT2D eigenvalue weighted by molar-refractivity contribution is 6.00. The van der Waals surface area contributed by atoms with Crippen LogP contribution in [-0.2, 0) is 4.74 Å². The number of aromatic nitrogens is 1. The number of aryl methyl sites for hydroxylation is 1. The lowest BCUT2D eigenvalue weighted by atomic mass is 10.2. The number of carbonyl (C=O) groups excluding carboxylic acids is 2. The maximum absolute atomic E-state index is 12.6. The number of amides is 2. The molecular weight excluding hydrogens is 336 g/mol. The van der Waals surface area contributed by atoms with Gasteiger partial charge in [0.15, 0.2) is 5.82 Å². The Hall–Kier alpha value is -3.03. The zero-order valence-corrected chi connectivity index (χ0v) is 14.9. The smallest absolute Gasteiger partial charge is 0.340 e. The number of urea groups is 1. The van der Waals surface area contributed by atoms with Crippen LogP contribution in [0.4, 0.5) is 16.3 Å². The van der Waals surface area contributed by atoms with Gasteiger partial charge in [-0.25, -0.2) is 9.59 Å². The highest BCUT2D eigenvalue weighted by Crippen LogP contribution is 2.19. The van der Waals surface area contributed by atoms with Crippen LogP contribution in [0.15, 0.2) is 34.9 Å². The number of hydrogen-bond acceptors (Lipinski definition) is 6. The molecule has 26 heavy (non-hydrogen) atoms. The number of carbonyl (C=O) groups is 2. The van der Waals surface area contributed by atoms with Crippen molar-refractivity contribution in [2.45, 2.75) is 13.8 Å². The normalized spacial score (nSPS) is 14.2. The molecule has 138 valence electrons. The van der Waals surface area contributed by atoms with Gasteiger partial charge >= 0.3 is 12.0 Å². The third kappa shape index (κ3) is 3.96. The number of benzene rings is 1. The molecule has 8 nitrogen and oxygen atoms in total. The number of ether oxygens (including phenoxy) is 1. The summed E-state index contributed by atoms with van der Waals surface area (Å²) in [4.78, 5) is 28.4. The minimum atomic E-state index is -0.449. The second-order valence-electron chi connectivity index (χ2n) is 5.97. The van der Waals surface area contributed by atoms with Gasteiger partial charge in [0, 0.05) is 32.2 Å². The lowest BCUT2D eigenvalue weighted by Gasteiger charge is -2.34. The Morgan fingerprint density at radius 1 is 1.23 bits per heavy atom. The summed E-state index contributed by atoms with van der Waals surface area (Å²) in [5, 5.41) is 6.82. The molecule has 1 aromatic carbocycles. The SMILES string of the molecule is CCOC(=O)c1ccccc1NC(=O)N1CCN(c2cc(C)on2)CC1. The van der Waals surface area contributed by atoms with E-state index < -0.39 is 5.97 Å². The third-order valence-electron chi connectivity index (χ3n) is 4.17. The topological polar surface area (TPSA) is 87.9 Å². The van der Waals surface area contributed by atoms with Crippen LogP contribution in [-0.4, -0.2) is 54.8 Å². The maximum Gasteiger partial charge on any atom is 0.340 e. The fourth-order valence-corrected chi connectivity index (χ4v) is 2.81. The van der Waals surface area contributed by atoms with Gasteiger partial charge in [0.05, 0.1) is 17.9 Å². The van der Waals surface area contributed by atoms with E-state index in [1.165, 1.54) is 0 Å². The first-order valence-electron chi connectivity index (χ1n) is 8.59. The molecule has 2 amide bonds. The fraction of sp³-hybridized carbons (Fsp3) is 0.389. The van der Waals surface area contributed by atoms with Gasteiger partial charge in [-0.05, 0) is 26.0 Å². The number of esters is 1. The second kappa shape index (κ2) is 7.90. The minimum absolute atomic E-state index is 0.238. The highest BCUT2D eigenvalue weighted by atomic mass is 16.5. The van der Waals surface area contributed by atoms with Crippen molar-refractivity contribution >= 4 is 23.5 Å². The third-order valence-corrected chi connectivity index (χ3v) is 4.17. The van der Waals surface area contributed by atoms with Crippen LogP contribution in [0, 0.1) is 6.92 Å². The van der Waals surface area contributed by atoms with E-state index in [4.69, 9.17) is 9.26 Å². The molecule has 0 unspecified atom stereocenters. The van der Waals surface area contributed by atoms with Crippen molar-refractivity contribution in [1.82, 2.24) is 10.1 Å². The number of nitrogens with zero attached hydrogens (tertiary/aromatic N) is 3. The van der Waals surface area contributed by atoms with Crippen LogP contribution >= 0.6 is 0 Å². The summed E-state index contributed by atoms with van der Waals surface area (Å²) in [6.45, 7) is 6.32. The molecule has 1 N–H and O–H groups in total. The molecule has 1 saturated heterocycles. The number of nitrogens with one attached hydrogen (secondary N) is 1. The predicted molar refractivity (Wildman–Crippen MR) is 96.4 cm³/mol. The van der Waals surface area contributed by atoms with Gasteiger partial charge in [-0.1, -0.05) is 17.3 Å². The first-order valence-corrected chi connectivity index (χ1v) is 8.59. The molecule has 3 rings (SSSR count). The van der Waals surface area contributed by atoms with Gasteiger partial charge in [-0.2, -0.15) is 0 Å². The van der Waals surface area contributed by atoms with Gasteiger partial charge < -0.3 is 24.4 Å². The van der Waals surface area contributed by atoms with Crippen molar-refractivity contribution in [2.75, 3.05) is 43.0 Å². The van der Waals surface area contributed by atoms with E-state index in [0.717, 1.165) is 11.6 Å². The lowest BCUT2D eigenvalue weighted by Crippen LogP contribution is -2.50. The minimum Gasteiger partial charge on any atom is -0.462 e. The van der Waals surface area contributed by atoms with Gasteiger partial charge in [0.25, 0.3) is 0 Å². The Morgan fingerprint density at radius 2 is 1.96 bits per heavy atom. The Labute approximate surface area is 151 Å². The molecule has 2 heterocycles. The molecule has 0 atom stereocenters. The molecule has 8 heteroatoms. The second-order valence-corrected chi connectivity index (χ2v) is 5.97. The van der Waals surface area contributed by atoms with Crippen LogP contribution in [0.25, 0.3) is 0 Å². The zero-order valence-electron chi connectivity index (χ0n) is 14.9. The fourth-order valence-electron chi connectivity index (χ4n) is 2.81. The van der Waals surface area contributed by atoms with Crippen LogP contribution in [0.1, 0.15) is 23.0 Å². The summed E-state index contributed by atoms with van der Waals surface area (Å²) >= 11 is 0. The summed E-state index contributed by atoms with van der Waals surface area (Å²) in [5.41, 5.74) is 0.796. The van der Waals surface area contributed by atoms with Crippen molar-refractivity contribution in [3.05, 3.63) is 41.7 Å². The Balaban J connectivity index is 1.60. The molecule has 0 bridgehead atoms. The summed E-state index contributed by atoms with van der Waals surface area (Å²) in [5.74, 6) is 1.10. The monoisotopic (exact) mass is 358 g/mol. The number of rotatable bonds is 4. The molecule has 1 aliphatic heterocycles. The van der Waals surface area contributed by atoms with Gasteiger partial charge in [0.1, 0.15) is 5.76 Å². The van der Waals surface area contributed by atoms with Crippen molar-refractivity contribution in [1.29, 1.82) is 0 Å². The zero-order chi connectivity index (χ0) is 18.5. The van der Waals surface area contributed by atoms with Gasteiger partial charge in [0.2, 0.25) is 0 Å². The highest BCUT2D eigenvalue weighted by Gasteiger charge is 2.24. The number of anilines is 2. The Morgan fingerprint density at radius 3 is 2.62 bits per heavy atom. The average molecular weight is 358 g/mol. The molecule has 0 radical (unpaired) electrons. The van der Waals surface area contributed by atoms with E-state index in [9.17, 15) is 9.59 Å². The molecule has 2 aromatic rings. The number of piperazine rings is 1. The van der Waals surface area contributed by atoms with Crippen molar-refractivity contribution < 1.29 is 18.8 Å². The quantitative estimate of drug-likeness (QED) is 0.845. The summed E-state index contributed by atoms with van der Waals surface area (Å²) in [7, 11) is 0. The van der Waals surface area contributed by atoms with E-state index in [0.29, 0.717) is 37.4 Å². The van der Waals surface area contributed by atoms with E-state index in [-0.39, 0.29) is 12.6 Å². The van der Waals surface area contributed by atoms with Crippen LogP contribution < -0.4 is 10.2 Å². The number of para-hydroxylation sites is 1. The van der Waals surface area contributed by atoms with Crippen LogP contribution in [0.2, 0.25) is 0 Å². The molecule has 1 aliphatic rings. The van der Waals surface area contributed by atoms with Crippen molar-refractivity contribution in [3.63, 3.8) is 0 Å². The molecule has 1 aromatic heterocycles. The van der Waals surface area contributed by atoms with Crippen molar-refractivity contribution in [3.8, 4) is 0 Å². The molecule has 0 saturated carbocycles. The Bertz CT molecular complexity index is 781. The summed E-state index contributed by atoms with van der Waals surface area (Å²) in [6, 6.07) is 8.48. The van der Waals surface area contributed by atoms with E-state index in [1.54, 1.807) is 36.1 Å². The van der Waals surface area contributed by atoms with E-state index >= 15 is 0 Å². The molecule has 1 fully saturated rings. The van der Waals surface area contributed by atoms with Gasteiger partial charge in [-0.3, -0.25) is 0 Å². The lowest BCUT2D eigenvalue weighted by molar-refractivity contribution is 0.0527. The first kappa shape index (κ1) is 17.8. The van der Waals surface area contributed by atoms with E-state index in [2.05, 4.69) is 15.4 Å². The summed E-state index contributed by atoms with van der Waals surface area (Å²) < 4.78 is 10.1.